The van der Waals surface area contributed by atoms with Crippen molar-refractivity contribution in [2.75, 3.05) is 146 Å². The van der Waals surface area contributed by atoms with Crippen LogP contribution in [0.3, 0.4) is 0 Å². The molecule has 802 valence electrons. The van der Waals surface area contributed by atoms with Gasteiger partial charge in [0.1, 0.15) is 130 Å². The molecule has 0 radical (unpaired) electrons. The summed E-state index contributed by atoms with van der Waals surface area (Å²) in [6.07, 6.45) is -30.9. The van der Waals surface area contributed by atoms with Gasteiger partial charge >= 0.3 is 28.4 Å². The minimum absolute atomic E-state index is 0.0133. The van der Waals surface area contributed by atoms with Crippen LogP contribution in [0.2, 0.25) is 0 Å². The van der Waals surface area contributed by atoms with Crippen LogP contribution >= 0.6 is 33.7 Å². The zero-order chi connectivity index (χ0) is 105. The van der Waals surface area contributed by atoms with Gasteiger partial charge in [0.25, 0.3) is 27.8 Å². The normalized spacial score (nSPS) is 29.2. The molecular formula is C76H106N16O42P5S5-5. The van der Waals surface area contributed by atoms with E-state index in [1.54, 1.807) is 13.8 Å². The van der Waals surface area contributed by atoms with Crippen LogP contribution in [-0.4, -0.2) is 311 Å². The number of aliphatic hydroxyl groups is 1. The lowest BCUT2D eigenvalue weighted by Crippen LogP contribution is -2.43. The molecule has 0 aliphatic carbocycles. The first-order chi connectivity index (χ1) is 68.2. The number of methoxy groups -OCH3 is 5. The van der Waals surface area contributed by atoms with Crippen LogP contribution in [0.4, 0.5) is 11.8 Å². The minimum Gasteiger partial charge on any atom is -0.780 e. The Morgan fingerprint density at radius 1 is 0.410 bits per heavy atom. The number of aromatic amines is 5. The molecular weight excluding hydrogens is 2120 g/mol. The summed E-state index contributed by atoms with van der Waals surface area (Å²) >= 11 is 28.1. The van der Waals surface area contributed by atoms with E-state index in [0.717, 1.165) is 52.3 Å². The van der Waals surface area contributed by atoms with Crippen LogP contribution in [-0.2, 0) is 185 Å². The third kappa shape index (κ3) is 27.9. The van der Waals surface area contributed by atoms with Gasteiger partial charge in [-0.25, -0.2) is 29.0 Å². The zero-order valence-electron chi connectivity index (χ0n) is 78.4. The molecule has 13 heterocycles. The molecule has 0 bridgehead atoms. The Balaban J connectivity index is 0.804. The molecule has 6 aliphatic heterocycles. The van der Waals surface area contributed by atoms with E-state index in [0.29, 0.717) is 5.56 Å². The Bertz CT molecular complexity index is 6570. The molecule has 0 amide bonds. The van der Waals surface area contributed by atoms with Crippen LogP contribution in [0.25, 0.3) is 11.2 Å². The largest absolute Gasteiger partial charge is 0.780 e. The number of nitrogen functional groups attached to an aromatic ring is 2. The van der Waals surface area contributed by atoms with Crippen molar-refractivity contribution in [3.63, 3.8) is 0 Å². The van der Waals surface area contributed by atoms with Crippen molar-refractivity contribution >= 4 is 116 Å². The van der Waals surface area contributed by atoms with E-state index >= 15 is 14.4 Å². The van der Waals surface area contributed by atoms with Crippen LogP contribution < -0.4 is 87.3 Å². The number of ether oxygens (including phenoxy) is 16. The Hall–Kier alpha value is -6.51. The van der Waals surface area contributed by atoms with Crippen LogP contribution in [0.15, 0.2) is 85.3 Å². The van der Waals surface area contributed by atoms with Crippen LogP contribution in [0.5, 0.6) is 0 Å². The van der Waals surface area contributed by atoms with E-state index in [1.807, 2.05) is 0 Å². The Kier molecular flexibility index (Phi) is 39.6. The number of aliphatic hydroxyl groups excluding tert-OH is 1. The molecule has 11 unspecified atom stereocenters. The predicted octanol–water partition coefficient (Wildman–Crippen LogP) is -5.01. The highest BCUT2D eigenvalue weighted by Crippen LogP contribution is 2.56. The van der Waals surface area contributed by atoms with Gasteiger partial charge in [0, 0.05) is 101 Å². The number of nitrogens with zero attached hydrogens (tertiary/aromatic N) is 9. The summed E-state index contributed by atoms with van der Waals surface area (Å²) in [6.45, 7) is -24.7. The molecule has 68 heteroatoms. The Labute approximate surface area is 839 Å². The number of H-pyrrole nitrogens is 5. The summed E-state index contributed by atoms with van der Waals surface area (Å²) in [5.74, 6) is -0.536. The maximum absolute atomic E-state index is 15.7. The number of aryl methyl sites for hydroxylation is 5. The predicted molar refractivity (Wildman–Crippen MR) is 503 cm³/mol. The number of imidazole rings is 1. The number of anilines is 2. The van der Waals surface area contributed by atoms with Gasteiger partial charge in [-0.15, -0.1) is 0 Å². The molecule has 0 saturated carbocycles. The van der Waals surface area contributed by atoms with Crippen molar-refractivity contribution in [1.82, 2.24) is 67.3 Å². The number of aromatic nitrogens is 14. The fourth-order valence-electron chi connectivity index (χ4n) is 16.2. The van der Waals surface area contributed by atoms with Gasteiger partial charge in [-0.1, -0.05) is 54.2 Å². The average Bonchev–Trinajstić information content (AvgIpc) is 1.60. The van der Waals surface area contributed by atoms with Gasteiger partial charge in [0.2, 0.25) is 5.95 Å². The maximum atomic E-state index is 15.7. The van der Waals surface area contributed by atoms with Gasteiger partial charge in [-0.2, -0.15) is 9.97 Å². The average molecular weight is 2230 g/mol. The molecule has 7 aromatic rings. The van der Waals surface area contributed by atoms with Gasteiger partial charge in [-0.3, -0.25) is 80.9 Å². The van der Waals surface area contributed by atoms with E-state index in [2.05, 4.69) is 39.9 Å². The molecule has 10 N–H and O–H groups in total. The summed E-state index contributed by atoms with van der Waals surface area (Å²) < 4.78 is 178. The van der Waals surface area contributed by atoms with E-state index in [4.69, 9.17) is 192 Å². The van der Waals surface area contributed by atoms with Crippen LogP contribution in [0.1, 0.15) is 85.0 Å². The topological polar surface area (TPSA) is 739 Å². The van der Waals surface area contributed by atoms with Crippen molar-refractivity contribution in [3.05, 3.63) is 169 Å². The van der Waals surface area contributed by atoms with E-state index in [-0.39, 0.29) is 112 Å². The highest BCUT2D eigenvalue weighted by molar-refractivity contribution is 8.32. The first kappa shape index (κ1) is 115. The van der Waals surface area contributed by atoms with Crippen LogP contribution in [0, 0.1) is 34.6 Å². The second-order valence-corrected chi connectivity index (χ2v) is 46.6. The van der Waals surface area contributed by atoms with Gasteiger partial charge in [0.05, 0.1) is 118 Å². The first-order valence-electron chi connectivity index (χ1n) is 43.9. The summed E-state index contributed by atoms with van der Waals surface area (Å²) in [6, 6.07) is 0. The SMILES string of the molecule is CC[C@H]1O[C@@H](n2cc(C)c(=O)[nH]c2=O)CC1OP([O-])(=S)OC[C@H]1O[C@@H](n2cc(C)c(=O)[nH]c2=O)[C@@H](OCCOC)C1OP(=O)([S-])OC[C@H]1O[C@@H](n2cnc3c(=O)[nH]c(N)nc32)[C@@H](OCCOC)C1OP([O-])(=S)OC[C@H]1O[C@@H](n2cc(C)c(=O)[nH]c2=O)[C@@H](OCCOC)C1OP([O-])(=S)OC[C@H]1O[C@@H](n2cc(C)c(=O)[nH]c2=O)[C@@H](OCCOC)C1OP([O-])(=S)OC[C@H]1O[C@@H](n2cc(C)c(N)nc2=O)[C@@H](OCCOC)C1O. The smallest absolute Gasteiger partial charge is 0.351 e. The molecule has 0 spiro atoms. The monoisotopic (exact) mass is 2230 g/mol. The lowest BCUT2D eigenvalue weighted by Gasteiger charge is -2.38. The minimum atomic E-state index is -5.40. The van der Waals surface area contributed by atoms with Crippen molar-refractivity contribution < 1.29 is 150 Å². The number of rotatable bonds is 52. The number of fused-ring (bicyclic) bond motifs is 1. The molecule has 13 rings (SSSR count). The molecule has 144 heavy (non-hydrogen) atoms. The highest BCUT2D eigenvalue weighted by Gasteiger charge is 2.56. The van der Waals surface area contributed by atoms with Gasteiger partial charge in [-0.05, 0) is 41.0 Å². The number of hydrogen-bond donors (Lipinski definition) is 8. The number of nitrogens with one attached hydrogen (secondary N) is 5. The quantitative estimate of drug-likeness (QED) is 0.0101. The second kappa shape index (κ2) is 49.7. The highest BCUT2D eigenvalue weighted by atomic mass is 32.7. The third-order valence-electron chi connectivity index (χ3n) is 23.2. The fourth-order valence-corrected chi connectivity index (χ4v) is 23.3. The van der Waals surface area contributed by atoms with Crippen molar-refractivity contribution in [2.45, 2.75) is 196 Å². The molecule has 6 fully saturated rings. The maximum Gasteiger partial charge on any atom is 0.351 e. The summed E-state index contributed by atoms with van der Waals surface area (Å²) in [4.78, 5) is 217. The number of nitrogens with two attached hydrogens (primary N) is 2. The second-order valence-electron chi connectivity index (χ2n) is 33.1. The summed E-state index contributed by atoms with van der Waals surface area (Å²) in [5, 5.41) is 11.8. The lowest BCUT2D eigenvalue weighted by molar-refractivity contribution is -0.223. The van der Waals surface area contributed by atoms with Gasteiger partial charge in [0.15, 0.2) is 49.1 Å². The van der Waals surface area contributed by atoms with Crippen molar-refractivity contribution in [3.8, 4) is 0 Å². The van der Waals surface area contributed by atoms with E-state index in [1.165, 1.54) is 75.6 Å². The first-order valence-corrected chi connectivity index (χ1v) is 56.7. The zero-order valence-corrected chi connectivity index (χ0v) is 87.0. The molecule has 58 nitrogen and oxygen atoms in total. The number of hydrogen-bond acceptors (Lipinski definition) is 52. The standard InChI is InChI=1S/C76H111N16O42P5S5/c1-12-40-41(23-47(124-40)87-25-36(3)61(94)83-73(87)100)130-135(104,140)120-30-43-50(55(115-19-14-110-8)67(126-43)89-26-37(4)62(95)84-74(89)101)132-138(107,143)123-33-46-53(58(118-22-17-113-11)70(129-46)92-34-79-48-60(92)81-71(78)82-65(48)98)134-139(108,144)122-32-45-52(57(117-21-16-112-10)69(128-45)91-28-39(6)64(97)86-76(91)103)133-137(106,142)121-31-44-51(56(116-20-15-111-9)68(127-44)90-27-38(5)63(96)85-75(90)102)131-136(105,141)119-29-42-49(93)54(114-18-13-109-7)66(125-42)88-24-35(2)59(77)80-72(88)99/h24-28,34,40-47,49-58,66-70,93H,12-23,29-33H2,1-11H3,(H,104,140)(H,105,141)(H,106,142)(H,107,143)(H,108,144)(H2,77,80,99)(H,83,94,100)(H,84,95,101)(H,85,96,102)(H,86,97,103)(H3,78,81,82,98)/p-5/t40-,41?,42-,43-,44-,45-,46-,47-,49?,50?,51?,52?,53?,54+,55+,56+,57+,58+,66-,67-,68-,69-,70-,135?,136?,137?,138?,139?/m1/s1. The fraction of sp³-hybridized carbons (Fsp3) is 0.671. The van der Waals surface area contributed by atoms with E-state index < -0.39 is 277 Å². The Morgan fingerprint density at radius 3 is 1.12 bits per heavy atom. The third-order valence-corrected chi connectivity index (χ3v) is 30.9. The molecule has 28 atom stereocenters. The van der Waals surface area contributed by atoms with Crippen molar-refractivity contribution in [1.29, 1.82) is 0 Å². The molecule has 6 saturated heterocycles. The molecule has 6 aliphatic rings. The molecule has 7 aromatic heterocycles. The van der Waals surface area contributed by atoms with Gasteiger partial charge < -0.3 is 169 Å². The summed E-state index contributed by atoms with van der Waals surface area (Å²) in [5.41, 5.74) is 2.74. The Morgan fingerprint density at radius 2 is 0.736 bits per heavy atom. The summed E-state index contributed by atoms with van der Waals surface area (Å²) in [7, 11) is 6.63. The lowest BCUT2D eigenvalue weighted by atomic mass is 10.1. The van der Waals surface area contributed by atoms with E-state index in [9.17, 15) is 62.8 Å². The molecule has 0 aromatic carbocycles. The van der Waals surface area contributed by atoms with Crippen molar-refractivity contribution in [2.24, 2.45) is 0 Å².